The van der Waals surface area contributed by atoms with Crippen LogP contribution in [0.4, 0.5) is 5.69 Å². The molecule has 0 aliphatic carbocycles. The number of rotatable bonds is 2. The molecular weight excluding hydrogens is 254 g/mol. The Morgan fingerprint density at radius 1 is 0.950 bits per heavy atom. The number of hydrogen-bond acceptors (Lipinski definition) is 3. The second-order valence-electron chi connectivity index (χ2n) is 4.66. The number of fused-ring (bicyclic) bond motifs is 1. The maximum atomic E-state index is 12.3. The molecule has 0 bridgehead atoms. The van der Waals surface area contributed by atoms with Crippen LogP contribution in [-0.2, 0) is 4.79 Å². The summed E-state index contributed by atoms with van der Waals surface area (Å²) >= 11 is 0. The van der Waals surface area contributed by atoms with E-state index in [-0.39, 0.29) is 12.0 Å². The van der Waals surface area contributed by atoms with Gasteiger partial charge in [0.25, 0.3) is 5.91 Å². The third-order valence-corrected chi connectivity index (χ3v) is 3.14. The molecule has 1 amide bonds. The Bertz CT molecular complexity index is 612. The van der Waals surface area contributed by atoms with Gasteiger partial charge >= 0.3 is 0 Å². The molecule has 2 aromatic carbocycles. The molecule has 0 radical (unpaired) electrons. The lowest BCUT2D eigenvalue weighted by Gasteiger charge is -2.30. The third-order valence-electron chi connectivity index (χ3n) is 3.14. The Balaban J connectivity index is 1.76. The number of anilines is 1. The highest BCUT2D eigenvalue weighted by Crippen LogP contribution is 2.33. The molecule has 0 fully saturated rings. The van der Waals surface area contributed by atoms with Gasteiger partial charge in [-0.2, -0.15) is 0 Å². The highest BCUT2D eigenvalue weighted by Gasteiger charge is 2.33. The van der Waals surface area contributed by atoms with Gasteiger partial charge in [0, 0.05) is 5.69 Å². The predicted octanol–water partition coefficient (Wildman–Crippen LogP) is 2.85. The summed E-state index contributed by atoms with van der Waals surface area (Å²) in [5.74, 6) is 1.06. The van der Waals surface area contributed by atoms with E-state index in [1.54, 1.807) is 6.07 Å². The molecule has 1 aliphatic rings. The molecule has 2 aromatic rings. The van der Waals surface area contributed by atoms with Gasteiger partial charge in [0.1, 0.15) is 6.10 Å². The molecule has 1 aliphatic heterocycles. The van der Waals surface area contributed by atoms with Crippen LogP contribution in [0.15, 0.2) is 54.6 Å². The number of carbonyl (C=O) groups excluding carboxylic acids is 1. The number of para-hydroxylation sites is 3. The van der Waals surface area contributed by atoms with Gasteiger partial charge in [0.2, 0.25) is 6.10 Å². The zero-order chi connectivity index (χ0) is 13.9. The maximum Gasteiger partial charge on any atom is 0.269 e. The highest BCUT2D eigenvalue weighted by atomic mass is 16.6. The van der Waals surface area contributed by atoms with Crippen LogP contribution < -0.4 is 14.8 Å². The predicted molar refractivity (Wildman–Crippen MR) is 76.0 cm³/mol. The second-order valence-corrected chi connectivity index (χ2v) is 4.66. The molecule has 0 aromatic heterocycles. The first kappa shape index (κ1) is 12.5. The van der Waals surface area contributed by atoms with Gasteiger partial charge in [-0.1, -0.05) is 30.3 Å². The molecule has 2 atom stereocenters. The van der Waals surface area contributed by atoms with Crippen LogP contribution in [0, 0.1) is 0 Å². The fourth-order valence-corrected chi connectivity index (χ4v) is 2.14. The van der Waals surface area contributed by atoms with Crippen molar-refractivity contribution in [3.05, 3.63) is 54.6 Å². The summed E-state index contributed by atoms with van der Waals surface area (Å²) in [6.07, 6.45) is -1.00. The van der Waals surface area contributed by atoms with Crippen LogP contribution in [0.1, 0.15) is 6.92 Å². The van der Waals surface area contributed by atoms with Crippen molar-refractivity contribution in [3.63, 3.8) is 0 Å². The summed E-state index contributed by atoms with van der Waals surface area (Å²) in [5.41, 5.74) is 0.743. The number of amides is 1. The van der Waals surface area contributed by atoms with Gasteiger partial charge < -0.3 is 14.8 Å². The zero-order valence-electron chi connectivity index (χ0n) is 11.1. The minimum atomic E-state index is -0.662. The van der Waals surface area contributed by atoms with E-state index in [4.69, 9.17) is 9.47 Å². The molecule has 0 saturated heterocycles. The van der Waals surface area contributed by atoms with Crippen molar-refractivity contribution in [3.8, 4) is 11.5 Å². The normalized spacial score (nSPS) is 20.2. The molecule has 0 unspecified atom stereocenters. The first-order valence-corrected chi connectivity index (χ1v) is 6.52. The Labute approximate surface area is 117 Å². The minimum Gasteiger partial charge on any atom is -0.482 e. The minimum absolute atomic E-state index is 0.210. The highest BCUT2D eigenvalue weighted by molar-refractivity contribution is 5.95. The van der Waals surface area contributed by atoms with Crippen LogP contribution in [0.25, 0.3) is 0 Å². The van der Waals surface area contributed by atoms with Crippen LogP contribution in [-0.4, -0.2) is 18.1 Å². The van der Waals surface area contributed by atoms with Crippen molar-refractivity contribution in [2.24, 2.45) is 0 Å². The molecule has 20 heavy (non-hydrogen) atoms. The molecule has 1 heterocycles. The smallest absolute Gasteiger partial charge is 0.269 e. The first-order chi connectivity index (χ1) is 9.74. The Hall–Kier alpha value is -2.49. The van der Waals surface area contributed by atoms with E-state index in [0.29, 0.717) is 11.5 Å². The fraction of sp³-hybridized carbons (Fsp3) is 0.188. The first-order valence-electron chi connectivity index (χ1n) is 6.52. The average Bonchev–Trinajstić information content (AvgIpc) is 2.47. The summed E-state index contributed by atoms with van der Waals surface area (Å²) in [4.78, 5) is 12.3. The molecule has 0 saturated carbocycles. The lowest BCUT2D eigenvalue weighted by atomic mass is 10.1. The summed E-state index contributed by atoms with van der Waals surface area (Å²) in [6.45, 7) is 1.82. The maximum absolute atomic E-state index is 12.3. The van der Waals surface area contributed by atoms with E-state index in [2.05, 4.69) is 5.32 Å². The average molecular weight is 269 g/mol. The lowest BCUT2D eigenvalue weighted by molar-refractivity contribution is -0.128. The number of ether oxygens (including phenoxy) is 2. The van der Waals surface area contributed by atoms with E-state index in [1.165, 1.54) is 0 Å². The molecule has 102 valence electrons. The van der Waals surface area contributed by atoms with Gasteiger partial charge in [-0.15, -0.1) is 0 Å². The number of carbonyl (C=O) groups is 1. The lowest BCUT2D eigenvalue weighted by Crippen LogP contribution is -2.46. The molecule has 3 rings (SSSR count). The molecule has 4 nitrogen and oxygen atoms in total. The monoisotopic (exact) mass is 269 g/mol. The topological polar surface area (TPSA) is 47.6 Å². The van der Waals surface area contributed by atoms with Crippen LogP contribution in [0.2, 0.25) is 0 Å². The van der Waals surface area contributed by atoms with Gasteiger partial charge in [0.15, 0.2) is 11.5 Å². The van der Waals surface area contributed by atoms with Crippen molar-refractivity contribution in [2.45, 2.75) is 19.1 Å². The van der Waals surface area contributed by atoms with E-state index in [0.717, 1.165) is 5.69 Å². The van der Waals surface area contributed by atoms with Crippen molar-refractivity contribution in [1.29, 1.82) is 0 Å². The van der Waals surface area contributed by atoms with E-state index in [9.17, 15) is 4.79 Å². The number of nitrogens with one attached hydrogen (secondary N) is 1. The third kappa shape index (κ3) is 2.45. The Morgan fingerprint density at radius 2 is 1.55 bits per heavy atom. The van der Waals surface area contributed by atoms with Gasteiger partial charge in [-0.05, 0) is 31.2 Å². The molecule has 4 heteroatoms. The van der Waals surface area contributed by atoms with Crippen molar-refractivity contribution >= 4 is 11.6 Å². The van der Waals surface area contributed by atoms with E-state index < -0.39 is 6.10 Å². The molecule has 0 spiro atoms. The summed E-state index contributed by atoms with van der Waals surface area (Å²) in [5, 5.41) is 2.83. The standard InChI is InChI=1S/C16H15NO3/c1-11-15(16(18)17-12-7-3-2-4-8-12)20-14-10-6-5-9-13(14)19-11/h2-11,15H,1H3,(H,17,18)/t11-,15+/m1/s1. The number of hydrogen-bond donors (Lipinski definition) is 1. The quantitative estimate of drug-likeness (QED) is 0.912. The summed E-state index contributed by atoms with van der Waals surface area (Å²) < 4.78 is 11.5. The molecular formula is C16H15NO3. The SMILES string of the molecule is C[C@H]1Oc2ccccc2O[C@@H]1C(=O)Nc1ccccc1. The van der Waals surface area contributed by atoms with Crippen LogP contribution in [0.5, 0.6) is 11.5 Å². The van der Waals surface area contributed by atoms with E-state index >= 15 is 0 Å². The largest absolute Gasteiger partial charge is 0.482 e. The fourth-order valence-electron chi connectivity index (χ4n) is 2.14. The second kappa shape index (κ2) is 5.25. The Kier molecular flexibility index (Phi) is 3.29. The van der Waals surface area contributed by atoms with Gasteiger partial charge in [-0.3, -0.25) is 4.79 Å². The number of benzene rings is 2. The molecule has 1 N–H and O–H groups in total. The van der Waals surface area contributed by atoms with Crippen LogP contribution in [0.3, 0.4) is 0 Å². The van der Waals surface area contributed by atoms with Crippen molar-refractivity contribution in [2.75, 3.05) is 5.32 Å². The summed E-state index contributed by atoms with van der Waals surface area (Å²) in [7, 11) is 0. The zero-order valence-corrected chi connectivity index (χ0v) is 11.1. The Morgan fingerprint density at radius 3 is 2.25 bits per heavy atom. The van der Waals surface area contributed by atoms with Crippen molar-refractivity contribution in [1.82, 2.24) is 0 Å². The van der Waals surface area contributed by atoms with Gasteiger partial charge in [0.05, 0.1) is 0 Å². The van der Waals surface area contributed by atoms with Gasteiger partial charge in [-0.25, -0.2) is 0 Å². The van der Waals surface area contributed by atoms with Crippen LogP contribution >= 0.6 is 0 Å². The summed E-state index contributed by atoms with van der Waals surface area (Å²) in [6, 6.07) is 16.7. The van der Waals surface area contributed by atoms with Crippen molar-refractivity contribution < 1.29 is 14.3 Å². The van der Waals surface area contributed by atoms with E-state index in [1.807, 2.05) is 55.5 Å².